The topological polar surface area (TPSA) is 24.7 Å². The molecule has 6 heteroatoms. The van der Waals surface area contributed by atoms with Gasteiger partial charge in [-0.05, 0) is 12.1 Å². The maximum atomic E-state index is 6.07. The number of rotatable bonds is 2. The molecular weight excluding hydrogens is 302 g/mol. The van der Waals surface area contributed by atoms with Gasteiger partial charge in [0.25, 0.3) is 0 Å². The molecule has 0 bridgehead atoms. The van der Waals surface area contributed by atoms with E-state index in [1.54, 1.807) is 12.1 Å². The highest BCUT2D eigenvalue weighted by molar-refractivity contribution is 6.41. The molecule has 1 aromatic carbocycles. The van der Waals surface area contributed by atoms with Gasteiger partial charge in [-0.1, -0.05) is 67.2 Å². The first-order valence-corrected chi connectivity index (χ1v) is 6.48. The Hall–Kier alpha value is -0.0200. The summed E-state index contributed by atoms with van der Waals surface area (Å²) < 4.78 is 0. The molecule has 0 fully saturated rings. The highest BCUT2D eigenvalue weighted by atomic mass is 35.5. The summed E-state index contributed by atoms with van der Waals surface area (Å²) >= 11 is 23.8. The van der Waals surface area contributed by atoms with Crippen LogP contribution in [-0.4, -0.2) is 5.50 Å². The van der Waals surface area contributed by atoms with Crippen LogP contribution in [0, 0.1) is 5.41 Å². The standard InChI is InChI=1S/C11H12Cl4N2/c1-11(2,3)10(15)17-16-9-7(13)4-6(12)5-8(9)14/h4-5,10H,1-3H3. The smallest absolute Gasteiger partial charge is 0.149 e. The molecule has 0 spiro atoms. The Balaban J connectivity index is 3.00. The van der Waals surface area contributed by atoms with Gasteiger partial charge in [0.2, 0.25) is 0 Å². The van der Waals surface area contributed by atoms with Gasteiger partial charge in [0.15, 0.2) is 0 Å². The van der Waals surface area contributed by atoms with Gasteiger partial charge in [-0.25, -0.2) is 0 Å². The van der Waals surface area contributed by atoms with Crippen molar-refractivity contribution in [1.82, 2.24) is 0 Å². The van der Waals surface area contributed by atoms with Gasteiger partial charge < -0.3 is 0 Å². The Bertz CT molecular complexity index is 415. The monoisotopic (exact) mass is 312 g/mol. The number of hydrogen-bond acceptors (Lipinski definition) is 2. The molecule has 0 aliphatic rings. The molecule has 0 radical (unpaired) electrons. The van der Waals surface area contributed by atoms with Crippen LogP contribution < -0.4 is 0 Å². The van der Waals surface area contributed by atoms with Crippen molar-refractivity contribution < 1.29 is 0 Å². The number of azo groups is 1. The van der Waals surface area contributed by atoms with Crippen LogP contribution in [0.25, 0.3) is 0 Å². The Kier molecular flexibility index (Phi) is 5.08. The van der Waals surface area contributed by atoms with E-state index < -0.39 is 5.50 Å². The van der Waals surface area contributed by atoms with Gasteiger partial charge in [-0.15, -0.1) is 0 Å². The zero-order valence-corrected chi connectivity index (χ0v) is 12.7. The number of alkyl halides is 1. The van der Waals surface area contributed by atoms with Crippen molar-refractivity contribution >= 4 is 52.1 Å². The normalized spacial score (nSPS) is 14.3. The third-order valence-electron chi connectivity index (χ3n) is 1.96. The molecule has 0 amide bonds. The Morgan fingerprint density at radius 3 is 1.94 bits per heavy atom. The lowest BCUT2D eigenvalue weighted by molar-refractivity contribution is 0.388. The highest BCUT2D eigenvalue weighted by Crippen LogP contribution is 2.37. The quantitative estimate of drug-likeness (QED) is 0.345. The van der Waals surface area contributed by atoms with Crippen LogP contribution in [0.15, 0.2) is 22.4 Å². The van der Waals surface area contributed by atoms with Gasteiger partial charge >= 0.3 is 0 Å². The molecule has 1 unspecified atom stereocenters. The molecule has 0 aliphatic heterocycles. The lowest BCUT2D eigenvalue weighted by atomic mass is 9.97. The van der Waals surface area contributed by atoms with E-state index in [9.17, 15) is 0 Å². The van der Waals surface area contributed by atoms with Crippen LogP contribution in [0.4, 0.5) is 5.69 Å². The lowest BCUT2D eigenvalue weighted by Crippen LogP contribution is -2.17. The molecule has 0 saturated heterocycles. The fourth-order valence-electron chi connectivity index (χ4n) is 0.912. The van der Waals surface area contributed by atoms with Crippen LogP contribution >= 0.6 is 46.4 Å². The summed E-state index contributed by atoms with van der Waals surface area (Å²) in [5, 5.41) is 9.14. The zero-order chi connectivity index (χ0) is 13.2. The van der Waals surface area contributed by atoms with Crippen LogP contribution in [0.2, 0.25) is 15.1 Å². The lowest BCUT2D eigenvalue weighted by Gasteiger charge is -2.19. The van der Waals surface area contributed by atoms with Gasteiger partial charge in [0.05, 0.1) is 10.0 Å². The van der Waals surface area contributed by atoms with E-state index in [-0.39, 0.29) is 5.41 Å². The van der Waals surface area contributed by atoms with E-state index in [2.05, 4.69) is 10.2 Å². The maximum Gasteiger partial charge on any atom is 0.149 e. The van der Waals surface area contributed by atoms with Crippen molar-refractivity contribution in [3.63, 3.8) is 0 Å². The molecule has 1 aromatic rings. The van der Waals surface area contributed by atoms with Crippen molar-refractivity contribution in [2.45, 2.75) is 26.3 Å². The minimum atomic E-state index is -0.453. The van der Waals surface area contributed by atoms with Crippen LogP contribution in [0.1, 0.15) is 20.8 Å². The Morgan fingerprint density at radius 1 is 1.06 bits per heavy atom. The largest absolute Gasteiger partial charge is 0.168 e. The van der Waals surface area contributed by atoms with Gasteiger partial charge in [0, 0.05) is 10.4 Å². The number of benzene rings is 1. The van der Waals surface area contributed by atoms with Crippen molar-refractivity contribution in [2.75, 3.05) is 0 Å². The molecule has 0 N–H and O–H groups in total. The van der Waals surface area contributed by atoms with E-state index in [0.29, 0.717) is 20.8 Å². The fourth-order valence-corrected chi connectivity index (χ4v) is 1.85. The second kappa shape index (κ2) is 5.75. The van der Waals surface area contributed by atoms with Crippen LogP contribution in [0.5, 0.6) is 0 Å². The average Bonchev–Trinajstić information content (AvgIpc) is 2.13. The number of halogens is 4. The maximum absolute atomic E-state index is 6.07. The molecule has 0 aromatic heterocycles. The van der Waals surface area contributed by atoms with Gasteiger partial charge in [-0.3, -0.25) is 0 Å². The zero-order valence-electron chi connectivity index (χ0n) is 9.64. The summed E-state index contributed by atoms with van der Waals surface area (Å²) in [6.45, 7) is 5.90. The molecule has 0 saturated carbocycles. The molecular formula is C11H12Cl4N2. The van der Waals surface area contributed by atoms with E-state index in [1.807, 2.05) is 20.8 Å². The van der Waals surface area contributed by atoms with Crippen molar-refractivity contribution in [1.29, 1.82) is 0 Å². The van der Waals surface area contributed by atoms with Crippen LogP contribution in [0.3, 0.4) is 0 Å². The average molecular weight is 314 g/mol. The van der Waals surface area contributed by atoms with E-state index >= 15 is 0 Å². The number of nitrogens with zero attached hydrogens (tertiary/aromatic N) is 2. The summed E-state index contributed by atoms with van der Waals surface area (Å²) in [7, 11) is 0. The predicted octanol–water partition coefficient (Wildman–Crippen LogP) is 6.34. The first-order chi connectivity index (χ1) is 7.71. The summed E-state index contributed by atoms with van der Waals surface area (Å²) in [6.07, 6.45) is 0. The first kappa shape index (κ1) is 15.0. The van der Waals surface area contributed by atoms with Crippen molar-refractivity contribution in [3.8, 4) is 0 Å². The number of hydrogen-bond donors (Lipinski definition) is 0. The summed E-state index contributed by atoms with van der Waals surface area (Å²) in [4.78, 5) is 0. The SMILES string of the molecule is CC(C)(C)C(Cl)N=Nc1c(Cl)cc(Cl)cc1Cl. The van der Waals surface area contributed by atoms with Gasteiger partial charge in [0.1, 0.15) is 11.2 Å². The van der Waals surface area contributed by atoms with E-state index in [4.69, 9.17) is 46.4 Å². The minimum absolute atomic E-state index is 0.184. The molecule has 0 aliphatic carbocycles. The Labute approximate surface area is 121 Å². The molecule has 0 heterocycles. The van der Waals surface area contributed by atoms with E-state index in [0.717, 1.165) is 0 Å². The summed E-state index contributed by atoms with van der Waals surface area (Å²) in [5.74, 6) is 0. The molecule has 94 valence electrons. The van der Waals surface area contributed by atoms with Crippen molar-refractivity contribution in [2.24, 2.45) is 15.6 Å². The second-order valence-corrected chi connectivity index (χ2v) is 6.30. The minimum Gasteiger partial charge on any atom is -0.168 e. The van der Waals surface area contributed by atoms with Gasteiger partial charge in [-0.2, -0.15) is 10.2 Å². The third-order valence-corrected chi connectivity index (χ3v) is 3.49. The van der Waals surface area contributed by atoms with Crippen LogP contribution in [-0.2, 0) is 0 Å². The highest BCUT2D eigenvalue weighted by Gasteiger charge is 2.22. The molecule has 17 heavy (non-hydrogen) atoms. The first-order valence-electron chi connectivity index (χ1n) is 4.91. The second-order valence-electron chi connectivity index (χ2n) is 4.64. The Morgan fingerprint density at radius 2 is 1.53 bits per heavy atom. The molecule has 1 rings (SSSR count). The summed E-state index contributed by atoms with van der Waals surface area (Å²) in [6, 6.07) is 3.12. The molecule has 2 nitrogen and oxygen atoms in total. The predicted molar refractivity (Wildman–Crippen MR) is 75.1 cm³/mol. The third kappa shape index (κ3) is 4.29. The van der Waals surface area contributed by atoms with E-state index in [1.165, 1.54) is 0 Å². The fraction of sp³-hybridized carbons (Fsp3) is 0.455. The summed E-state index contributed by atoms with van der Waals surface area (Å²) in [5.41, 5.74) is -0.255. The van der Waals surface area contributed by atoms with Crippen molar-refractivity contribution in [3.05, 3.63) is 27.2 Å². The molecule has 1 atom stereocenters.